The standard InChI is InChI=1S/C21H21F2N5O2/c1-14-12-28(8-9-29-14)20-7-6-18(23)21(26-20)25-19-10-16(11-24-27-19)15-2-4-17(5-3-15)30-13-22/h2-7,10-11,14H,8-9,12-13H2,1H3,(H,25,26,27)/t14-/m1/s1. The molecule has 156 valence electrons. The van der Waals surface area contributed by atoms with Crippen molar-refractivity contribution in [2.75, 3.05) is 36.8 Å². The molecule has 1 aliphatic rings. The van der Waals surface area contributed by atoms with E-state index in [1.807, 2.05) is 6.92 Å². The van der Waals surface area contributed by atoms with E-state index in [0.717, 1.165) is 11.1 Å². The first-order chi connectivity index (χ1) is 14.6. The molecule has 1 fully saturated rings. The number of morpholine rings is 1. The monoisotopic (exact) mass is 413 g/mol. The Morgan fingerprint density at radius 1 is 1.20 bits per heavy atom. The number of rotatable bonds is 6. The number of hydrogen-bond acceptors (Lipinski definition) is 7. The van der Waals surface area contributed by atoms with Crippen LogP contribution in [-0.2, 0) is 4.74 Å². The zero-order valence-corrected chi connectivity index (χ0v) is 16.4. The summed E-state index contributed by atoms with van der Waals surface area (Å²) < 4.78 is 37.0. The van der Waals surface area contributed by atoms with Crippen LogP contribution >= 0.6 is 0 Å². The Labute approximate surface area is 172 Å². The molecule has 1 saturated heterocycles. The zero-order chi connectivity index (χ0) is 20.9. The minimum Gasteiger partial charge on any atom is -0.463 e. The lowest BCUT2D eigenvalue weighted by atomic mass is 10.1. The number of halogens is 2. The van der Waals surface area contributed by atoms with Crippen LogP contribution in [0.25, 0.3) is 11.1 Å². The summed E-state index contributed by atoms with van der Waals surface area (Å²) in [6, 6.07) is 11.7. The van der Waals surface area contributed by atoms with Crippen molar-refractivity contribution in [3.8, 4) is 16.9 Å². The van der Waals surface area contributed by atoms with Crippen molar-refractivity contribution in [1.29, 1.82) is 0 Å². The number of nitrogens with zero attached hydrogens (tertiary/aromatic N) is 4. The highest BCUT2D eigenvalue weighted by atomic mass is 19.1. The van der Waals surface area contributed by atoms with Gasteiger partial charge < -0.3 is 19.7 Å². The second-order valence-corrected chi connectivity index (χ2v) is 6.86. The molecule has 1 aliphatic heterocycles. The Morgan fingerprint density at radius 3 is 2.80 bits per heavy atom. The van der Waals surface area contributed by atoms with Gasteiger partial charge in [0.2, 0.25) is 6.86 Å². The maximum Gasteiger partial charge on any atom is 0.228 e. The van der Waals surface area contributed by atoms with Crippen LogP contribution in [0.4, 0.5) is 26.2 Å². The summed E-state index contributed by atoms with van der Waals surface area (Å²) in [5, 5.41) is 10.9. The summed E-state index contributed by atoms with van der Waals surface area (Å²) in [5.41, 5.74) is 1.60. The van der Waals surface area contributed by atoms with Crippen LogP contribution in [0, 0.1) is 5.82 Å². The largest absolute Gasteiger partial charge is 0.463 e. The molecule has 7 nitrogen and oxygen atoms in total. The molecular formula is C21H21F2N5O2. The van der Waals surface area contributed by atoms with Crippen molar-refractivity contribution >= 4 is 17.5 Å². The van der Waals surface area contributed by atoms with Gasteiger partial charge in [0.05, 0.1) is 18.9 Å². The predicted octanol–water partition coefficient (Wildman–Crippen LogP) is 3.95. The number of ether oxygens (including phenoxy) is 2. The lowest BCUT2D eigenvalue weighted by molar-refractivity contribution is 0.0529. The molecule has 9 heteroatoms. The second-order valence-electron chi connectivity index (χ2n) is 6.86. The third-order valence-corrected chi connectivity index (χ3v) is 4.71. The van der Waals surface area contributed by atoms with E-state index >= 15 is 0 Å². The molecule has 3 heterocycles. The van der Waals surface area contributed by atoms with E-state index in [2.05, 4.69) is 25.4 Å². The van der Waals surface area contributed by atoms with Crippen LogP contribution in [-0.4, -0.2) is 47.8 Å². The Bertz CT molecular complexity index is 1000. The first-order valence-corrected chi connectivity index (χ1v) is 9.54. The van der Waals surface area contributed by atoms with E-state index in [0.29, 0.717) is 37.1 Å². The van der Waals surface area contributed by atoms with Crippen LogP contribution in [0.5, 0.6) is 5.75 Å². The van der Waals surface area contributed by atoms with Gasteiger partial charge in [0.15, 0.2) is 17.5 Å². The summed E-state index contributed by atoms with van der Waals surface area (Å²) in [6.45, 7) is 3.10. The average molecular weight is 413 g/mol. The Morgan fingerprint density at radius 2 is 2.03 bits per heavy atom. The quantitative estimate of drug-likeness (QED) is 0.656. The van der Waals surface area contributed by atoms with E-state index in [9.17, 15) is 8.78 Å². The summed E-state index contributed by atoms with van der Waals surface area (Å²) in [7, 11) is 0. The molecule has 1 aromatic carbocycles. The molecule has 1 N–H and O–H groups in total. The van der Waals surface area contributed by atoms with E-state index in [-0.39, 0.29) is 11.9 Å². The molecule has 3 aromatic rings. The molecule has 0 radical (unpaired) electrons. The van der Waals surface area contributed by atoms with Gasteiger partial charge in [-0.15, -0.1) is 5.10 Å². The third kappa shape index (κ3) is 4.62. The van der Waals surface area contributed by atoms with Crippen LogP contribution in [0.2, 0.25) is 0 Å². The van der Waals surface area contributed by atoms with Crippen LogP contribution in [0.15, 0.2) is 48.7 Å². The van der Waals surface area contributed by atoms with Gasteiger partial charge in [-0.05, 0) is 42.8 Å². The Balaban J connectivity index is 1.54. The van der Waals surface area contributed by atoms with Crippen molar-refractivity contribution in [2.45, 2.75) is 13.0 Å². The minimum atomic E-state index is -0.884. The van der Waals surface area contributed by atoms with Gasteiger partial charge in [-0.2, -0.15) is 5.10 Å². The molecule has 4 rings (SSSR count). The van der Waals surface area contributed by atoms with E-state index < -0.39 is 12.7 Å². The lowest BCUT2D eigenvalue weighted by Gasteiger charge is -2.32. The van der Waals surface area contributed by atoms with E-state index in [4.69, 9.17) is 9.47 Å². The first-order valence-electron chi connectivity index (χ1n) is 9.54. The van der Waals surface area contributed by atoms with Crippen molar-refractivity contribution in [2.24, 2.45) is 0 Å². The van der Waals surface area contributed by atoms with Gasteiger partial charge in [-0.25, -0.2) is 13.8 Å². The average Bonchev–Trinajstić information content (AvgIpc) is 2.76. The van der Waals surface area contributed by atoms with Gasteiger partial charge in [0, 0.05) is 18.7 Å². The van der Waals surface area contributed by atoms with Crippen molar-refractivity contribution < 1.29 is 18.3 Å². The maximum absolute atomic E-state index is 14.4. The summed E-state index contributed by atoms with van der Waals surface area (Å²) >= 11 is 0. The second kappa shape index (κ2) is 9.00. The molecule has 2 aromatic heterocycles. The molecule has 1 atom stereocenters. The number of alkyl halides is 1. The summed E-state index contributed by atoms with van der Waals surface area (Å²) in [6.07, 6.45) is 1.68. The topological polar surface area (TPSA) is 72.4 Å². The zero-order valence-electron chi connectivity index (χ0n) is 16.4. The summed E-state index contributed by atoms with van der Waals surface area (Å²) in [5.74, 6) is 1.05. The molecule has 0 amide bonds. The Hall–Kier alpha value is -3.33. The first kappa shape index (κ1) is 20.0. The van der Waals surface area contributed by atoms with E-state index in [1.165, 1.54) is 6.07 Å². The van der Waals surface area contributed by atoms with Crippen molar-refractivity contribution in [1.82, 2.24) is 15.2 Å². The molecule has 0 unspecified atom stereocenters. The van der Waals surface area contributed by atoms with Gasteiger partial charge in [0.1, 0.15) is 11.6 Å². The summed E-state index contributed by atoms with van der Waals surface area (Å²) in [4.78, 5) is 6.48. The third-order valence-electron chi connectivity index (χ3n) is 4.71. The fourth-order valence-corrected chi connectivity index (χ4v) is 3.24. The predicted molar refractivity (Wildman–Crippen MR) is 109 cm³/mol. The number of benzene rings is 1. The van der Waals surface area contributed by atoms with Gasteiger partial charge in [-0.1, -0.05) is 12.1 Å². The molecule has 0 bridgehead atoms. The maximum atomic E-state index is 14.4. The molecule has 0 saturated carbocycles. The molecule has 0 spiro atoms. The highest BCUT2D eigenvalue weighted by molar-refractivity contribution is 5.67. The Kier molecular flexibility index (Phi) is 5.99. The number of hydrogen-bond donors (Lipinski definition) is 1. The molecule has 0 aliphatic carbocycles. The number of pyridine rings is 1. The SMILES string of the molecule is C[C@@H]1CN(c2ccc(F)c(Nc3cc(-c4ccc(OCF)cc4)cnn3)n2)CCO1. The molecular weight excluding hydrogens is 392 g/mol. The fraction of sp³-hybridized carbons (Fsp3) is 0.286. The van der Waals surface area contributed by atoms with Crippen molar-refractivity contribution in [3.05, 3.63) is 54.5 Å². The van der Waals surface area contributed by atoms with Crippen LogP contribution in [0.3, 0.4) is 0 Å². The molecule has 30 heavy (non-hydrogen) atoms. The number of nitrogens with one attached hydrogen (secondary N) is 1. The highest BCUT2D eigenvalue weighted by Gasteiger charge is 2.19. The van der Waals surface area contributed by atoms with Gasteiger partial charge >= 0.3 is 0 Å². The number of aromatic nitrogens is 3. The van der Waals surface area contributed by atoms with Crippen LogP contribution in [0.1, 0.15) is 6.92 Å². The highest BCUT2D eigenvalue weighted by Crippen LogP contribution is 2.26. The van der Waals surface area contributed by atoms with Gasteiger partial charge in [-0.3, -0.25) is 0 Å². The van der Waals surface area contributed by atoms with Crippen molar-refractivity contribution in [3.63, 3.8) is 0 Å². The lowest BCUT2D eigenvalue weighted by Crippen LogP contribution is -2.41. The fourth-order valence-electron chi connectivity index (χ4n) is 3.24. The van der Waals surface area contributed by atoms with E-state index in [1.54, 1.807) is 42.6 Å². The smallest absolute Gasteiger partial charge is 0.228 e. The number of anilines is 3. The minimum absolute atomic E-state index is 0.0739. The normalized spacial score (nSPS) is 16.4. The van der Waals surface area contributed by atoms with Gasteiger partial charge in [0.25, 0.3) is 0 Å². The van der Waals surface area contributed by atoms with Crippen LogP contribution < -0.4 is 15.0 Å².